The van der Waals surface area contributed by atoms with Crippen LogP contribution in [0, 0.1) is 0 Å². The number of hydrogen-bond acceptors (Lipinski definition) is 3. The van der Waals surface area contributed by atoms with Crippen molar-refractivity contribution in [3.63, 3.8) is 0 Å². The van der Waals surface area contributed by atoms with Crippen LogP contribution in [0.4, 0.5) is 13.2 Å². The molecule has 9 heteroatoms. The largest absolute Gasteiger partial charge is 0.390 e. The molecule has 0 bridgehead atoms. The molecule has 1 aromatic carbocycles. The molecule has 3 heterocycles. The number of hydrogen-bond donors (Lipinski definition) is 0. The second kappa shape index (κ2) is 8.03. The summed E-state index contributed by atoms with van der Waals surface area (Å²) >= 11 is 0. The van der Waals surface area contributed by atoms with Gasteiger partial charge in [-0.3, -0.25) is 14.4 Å². The quantitative estimate of drug-likeness (QED) is 0.618. The Hall–Kier alpha value is -2.81. The number of halogens is 3. The highest BCUT2D eigenvalue weighted by atomic mass is 19.4. The van der Waals surface area contributed by atoms with Gasteiger partial charge in [0.1, 0.15) is 0 Å². The predicted molar refractivity (Wildman–Crippen MR) is 112 cm³/mol. The summed E-state index contributed by atoms with van der Waals surface area (Å²) < 4.78 is 41.8. The smallest absolute Gasteiger partial charge is 0.350 e. The van der Waals surface area contributed by atoms with E-state index in [1.54, 1.807) is 14.1 Å². The van der Waals surface area contributed by atoms with Crippen LogP contribution in [0.3, 0.4) is 0 Å². The number of carbonyl (C=O) groups excluding carboxylic acids is 1. The number of fused-ring (bicyclic) bond motifs is 2. The zero-order valence-corrected chi connectivity index (χ0v) is 17.9. The molecule has 166 valence electrons. The van der Waals surface area contributed by atoms with Gasteiger partial charge in [0.05, 0.1) is 6.42 Å². The van der Waals surface area contributed by atoms with Crippen molar-refractivity contribution in [3.8, 4) is 0 Å². The standard InChI is InChI=1S/C22H26F3N5O/c1-27(2)21(31)20-17-14-29(10-8-19(17)30(26-20)11-9-22(23,24)25)13-15-12-28(3)18-7-5-4-6-16(15)18/h4-7,12H,8-11,13-14H2,1-3H3. The van der Waals surface area contributed by atoms with Gasteiger partial charge >= 0.3 is 6.18 Å². The molecule has 3 aromatic rings. The fourth-order valence-corrected chi connectivity index (χ4v) is 4.28. The highest BCUT2D eigenvalue weighted by Crippen LogP contribution is 2.29. The molecule has 0 saturated heterocycles. The molecule has 0 unspecified atom stereocenters. The number of para-hydroxylation sites is 1. The summed E-state index contributed by atoms with van der Waals surface area (Å²) in [5.41, 5.74) is 4.07. The maximum atomic E-state index is 12.8. The van der Waals surface area contributed by atoms with Crippen molar-refractivity contribution in [2.75, 3.05) is 20.6 Å². The Balaban J connectivity index is 1.62. The number of alkyl halides is 3. The number of nitrogens with zero attached hydrogens (tertiary/aromatic N) is 5. The number of rotatable bonds is 5. The van der Waals surface area contributed by atoms with Gasteiger partial charge in [0.15, 0.2) is 5.69 Å². The number of aromatic nitrogens is 3. The molecular formula is C22H26F3N5O. The third-order valence-electron chi connectivity index (χ3n) is 5.80. The molecule has 6 nitrogen and oxygen atoms in total. The molecule has 1 aliphatic rings. The first-order valence-corrected chi connectivity index (χ1v) is 10.3. The minimum atomic E-state index is -4.26. The Morgan fingerprint density at radius 3 is 2.68 bits per heavy atom. The molecule has 0 N–H and O–H groups in total. The van der Waals surface area contributed by atoms with Gasteiger partial charge in [0.25, 0.3) is 5.91 Å². The normalized spacial score (nSPS) is 14.8. The summed E-state index contributed by atoms with van der Waals surface area (Å²) in [4.78, 5) is 16.3. The topological polar surface area (TPSA) is 46.3 Å². The monoisotopic (exact) mass is 433 g/mol. The third-order valence-corrected chi connectivity index (χ3v) is 5.80. The van der Waals surface area contributed by atoms with E-state index in [1.165, 1.54) is 20.5 Å². The fraction of sp³-hybridized carbons (Fsp3) is 0.455. The predicted octanol–water partition coefficient (Wildman–Crippen LogP) is 3.59. The van der Waals surface area contributed by atoms with Crippen molar-refractivity contribution in [1.82, 2.24) is 24.1 Å². The molecule has 0 radical (unpaired) electrons. The second-order valence-corrected chi connectivity index (χ2v) is 8.30. The van der Waals surface area contributed by atoms with Crippen LogP contribution in [-0.2, 0) is 33.1 Å². The van der Waals surface area contributed by atoms with Gasteiger partial charge in [-0.1, -0.05) is 18.2 Å². The van der Waals surface area contributed by atoms with Crippen LogP contribution in [0.5, 0.6) is 0 Å². The minimum Gasteiger partial charge on any atom is -0.350 e. The Kier molecular flexibility index (Phi) is 5.55. The third kappa shape index (κ3) is 4.32. The number of aryl methyl sites for hydroxylation is 2. The maximum Gasteiger partial charge on any atom is 0.390 e. The SMILES string of the molecule is CN(C)C(=O)c1nn(CCC(F)(F)F)c2c1CN(Cc1cn(C)c3ccccc13)CC2. The Bertz CT molecular complexity index is 1110. The van der Waals surface area contributed by atoms with Crippen LogP contribution in [0.15, 0.2) is 30.5 Å². The summed E-state index contributed by atoms with van der Waals surface area (Å²) in [6.07, 6.45) is -2.56. The maximum absolute atomic E-state index is 12.8. The molecule has 0 fully saturated rings. The summed E-state index contributed by atoms with van der Waals surface area (Å²) in [6, 6.07) is 8.19. The van der Waals surface area contributed by atoms with Gasteiger partial charge in [0.2, 0.25) is 0 Å². The van der Waals surface area contributed by atoms with Crippen LogP contribution in [0.2, 0.25) is 0 Å². The van der Waals surface area contributed by atoms with Crippen molar-refractivity contribution >= 4 is 16.8 Å². The lowest BCUT2D eigenvalue weighted by Gasteiger charge is -2.27. The van der Waals surface area contributed by atoms with Gasteiger partial charge < -0.3 is 9.47 Å². The Morgan fingerprint density at radius 2 is 1.97 bits per heavy atom. The van der Waals surface area contributed by atoms with Gasteiger partial charge in [-0.25, -0.2) is 0 Å². The molecule has 0 atom stereocenters. The first kappa shape index (κ1) is 21.4. The van der Waals surface area contributed by atoms with Gasteiger partial charge in [0, 0.05) is 82.1 Å². The molecular weight excluding hydrogens is 407 g/mol. The van der Waals surface area contributed by atoms with E-state index in [4.69, 9.17) is 0 Å². The molecule has 1 aliphatic heterocycles. The molecule has 2 aromatic heterocycles. The summed E-state index contributed by atoms with van der Waals surface area (Å²) in [5.74, 6) is -0.283. The number of carbonyl (C=O) groups is 1. The minimum absolute atomic E-state index is 0.254. The van der Waals surface area contributed by atoms with E-state index in [2.05, 4.69) is 32.9 Å². The van der Waals surface area contributed by atoms with Crippen molar-refractivity contribution < 1.29 is 18.0 Å². The first-order chi connectivity index (χ1) is 14.6. The zero-order chi connectivity index (χ0) is 22.3. The van der Waals surface area contributed by atoms with E-state index < -0.39 is 12.6 Å². The fourth-order valence-electron chi connectivity index (χ4n) is 4.28. The van der Waals surface area contributed by atoms with Crippen LogP contribution < -0.4 is 0 Å². The van der Waals surface area contributed by atoms with E-state index in [0.717, 1.165) is 16.8 Å². The highest BCUT2D eigenvalue weighted by molar-refractivity contribution is 5.93. The van der Waals surface area contributed by atoms with Crippen molar-refractivity contribution in [3.05, 3.63) is 53.0 Å². The average Bonchev–Trinajstić information content (AvgIpc) is 3.23. The highest BCUT2D eigenvalue weighted by Gasteiger charge is 2.32. The number of amides is 1. The van der Waals surface area contributed by atoms with Crippen molar-refractivity contribution in [2.24, 2.45) is 7.05 Å². The lowest BCUT2D eigenvalue weighted by Crippen LogP contribution is -2.32. The van der Waals surface area contributed by atoms with Crippen molar-refractivity contribution in [1.29, 1.82) is 0 Å². The molecule has 1 amide bonds. The van der Waals surface area contributed by atoms with Crippen LogP contribution in [0.25, 0.3) is 10.9 Å². The molecule has 4 rings (SSSR count). The lowest BCUT2D eigenvalue weighted by molar-refractivity contribution is -0.137. The van der Waals surface area contributed by atoms with Crippen molar-refractivity contribution in [2.45, 2.75) is 38.7 Å². The molecule has 31 heavy (non-hydrogen) atoms. The average molecular weight is 433 g/mol. The van der Waals surface area contributed by atoms with E-state index >= 15 is 0 Å². The van der Waals surface area contributed by atoms with Gasteiger partial charge in [-0.15, -0.1) is 0 Å². The van der Waals surface area contributed by atoms with Gasteiger partial charge in [-0.2, -0.15) is 18.3 Å². The van der Waals surface area contributed by atoms with Crippen LogP contribution in [-0.4, -0.2) is 56.9 Å². The molecule has 0 aliphatic carbocycles. The van der Waals surface area contributed by atoms with Gasteiger partial charge in [-0.05, 0) is 11.6 Å². The summed E-state index contributed by atoms with van der Waals surface area (Å²) in [6.45, 7) is 1.61. The molecule has 0 spiro atoms. The summed E-state index contributed by atoms with van der Waals surface area (Å²) in [5, 5.41) is 5.49. The van der Waals surface area contributed by atoms with E-state index in [9.17, 15) is 18.0 Å². The number of benzene rings is 1. The Labute approximate surface area is 178 Å². The second-order valence-electron chi connectivity index (χ2n) is 8.30. The van der Waals surface area contributed by atoms with E-state index in [-0.39, 0.29) is 18.1 Å². The Morgan fingerprint density at radius 1 is 1.23 bits per heavy atom. The van der Waals surface area contributed by atoms with Crippen LogP contribution >= 0.6 is 0 Å². The first-order valence-electron chi connectivity index (χ1n) is 10.3. The van der Waals surface area contributed by atoms with E-state index in [1.807, 2.05) is 19.2 Å². The summed E-state index contributed by atoms with van der Waals surface area (Å²) in [7, 11) is 5.26. The lowest BCUT2D eigenvalue weighted by atomic mass is 10.0. The molecule has 0 saturated carbocycles. The van der Waals surface area contributed by atoms with Crippen LogP contribution in [0.1, 0.15) is 33.7 Å². The zero-order valence-electron chi connectivity index (χ0n) is 17.9. The van der Waals surface area contributed by atoms with E-state index in [0.29, 0.717) is 26.1 Å².